The molecule has 0 fully saturated rings. The Morgan fingerprint density at radius 3 is 2.76 bits per heavy atom. The molecule has 0 spiro atoms. The van der Waals surface area contributed by atoms with Crippen LogP contribution in [0.4, 0.5) is 5.69 Å². The van der Waals surface area contributed by atoms with E-state index in [1.54, 1.807) is 6.92 Å². The first-order chi connectivity index (χ1) is 12.2. The lowest BCUT2D eigenvalue weighted by Crippen LogP contribution is -2.15. The molecular formula is C19H20N4O2. The van der Waals surface area contributed by atoms with E-state index < -0.39 is 5.97 Å². The third-order valence-corrected chi connectivity index (χ3v) is 3.82. The number of nitrogens with one attached hydrogen (secondary N) is 1. The summed E-state index contributed by atoms with van der Waals surface area (Å²) in [7, 11) is 0. The zero-order valence-corrected chi connectivity index (χ0v) is 14.3. The van der Waals surface area contributed by atoms with Gasteiger partial charge in [-0.2, -0.15) is 0 Å². The van der Waals surface area contributed by atoms with E-state index in [9.17, 15) is 4.79 Å². The molecule has 1 aromatic carbocycles. The largest absolute Gasteiger partial charge is 0.461 e. The Morgan fingerprint density at radius 1 is 1.16 bits per heavy atom. The molecule has 2 heterocycles. The van der Waals surface area contributed by atoms with Gasteiger partial charge in [-0.1, -0.05) is 24.3 Å². The Labute approximate surface area is 146 Å². The number of nitrogens with zero attached hydrogens (tertiary/aromatic N) is 3. The summed E-state index contributed by atoms with van der Waals surface area (Å²) in [5.41, 5.74) is 3.72. The molecule has 128 valence electrons. The molecule has 0 atom stereocenters. The first-order valence-electron chi connectivity index (χ1n) is 8.27. The van der Waals surface area contributed by atoms with Crippen molar-refractivity contribution >= 4 is 22.6 Å². The molecule has 0 aliphatic carbocycles. The number of carbonyl (C=O) groups excluding carboxylic acids is 1. The van der Waals surface area contributed by atoms with Gasteiger partial charge in [0.25, 0.3) is 0 Å². The van der Waals surface area contributed by atoms with Gasteiger partial charge in [0.05, 0.1) is 17.8 Å². The topological polar surface area (TPSA) is 77.0 Å². The highest BCUT2D eigenvalue weighted by molar-refractivity contribution is 6.03. The van der Waals surface area contributed by atoms with Crippen molar-refractivity contribution in [3.05, 3.63) is 59.5 Å². The van der Waals surface area contributed by atoms with Crippen LogP contribution in [0.15, 0.2) is 42.6 Å². The fourth-order valence-electron chi connectivity index (χ4n) is 2.55. The van der Waals surface area contributed by atoms with Crippen LogP contribution >= 0.6 is 0 Å². The van der Waals surface area contributed by atoms with Crippen LogP contribution in [0.1, 0.15) is 28.7 Å². The predicted molar refractivity (Wildman–Crippen MR) is 96.7 cm³/mol. The van der Waals surface area contributed by atoms with Crippen molar-refractivity contribution in [2.45, 2.75) is 20.3 Å². The third-order valence-electron chi connectivity index (χ3n) is 3.82. The fraction of sp³-hybridized carbons (Fsp3) is 0.263. The maximum Gasteiger partial charge on any atom is 0.361 e. The van der Waals surface area contributed by atoms with Crippen molar-refractivity contribution in [1.29, 1.82) is 0 Å². The Kier molecular flexibility index (Phi) is 5.18. The molecule has 0 unspecified atom stereocenters. The molecule has 0 aliphatic heterocycles. The normalized spacial score (nSPS) is 10.6. The number of benzene rings is 1. The second-order valence-electron chi connectivity index (χ2n) is 5.65. The highest BCUT2D eigenvalue weighted by Gasteiger charge is 2.18. The fourth-order valence-corrected chi connectivity index (χ4v) is 2.55. The molecule has 3 rings (SSSR count). The van der Waals surface area contributed by atoms with Gasteiger partial charge in [-0.3, -0.25) is 4.98 Å². The number of pyridine rings is 1. The van der Waals surface area contributed by atoms with E-state index >= 15 is 0 Å². The van der Waals surface area contributed by atoms with E-state index in [0.717, 1.165) is 28.6 Å². The van der Waals surface area contributed by atoms with Crippen molar-refractivity contribution in [3.8, 4) is 0 Å². The summed E-state index contributed by atoms with van der Waals surface area (Å²) in [6, 6.07) is 11.6. The summed E-state index contributed by atoms with van der Waals surface area (Å²) >= 11 is 0. The van der Waals surface area contributed by atoms with Crippen LogP contribution in [0, 0.1) is 6.92 Å². The smallest absolute Gasteiger partial charge is 0.361 e. The summed E-state index contributed by atoms with van der Waals surface area (Å²) in [4.78, 5) is 16.5. The number of fused-ring (bicyclic) bond motifs is 1. The highest BCUT2D eigenvalue weighted by Crippen LogP contribution is 2.24. The number of hydrogen-bond acceptors (Lipinski definition) is 6. The van der Waals surface area contributed by atoms with Gasteiger partial charge in [-0.15, -0.1) is 10.2 Å². The van der Waals surface area contributed by atoms with Crippen LogP contribution in [-0.2, 0) is 11.2 Å². The molecule has 6 heteroatoms. The first-order valence-corrected chi connectivity index (χ1v) is 8.27. The number of rotatable bonds is 6. The summed E-state index contributed by atoms with van der Waals surface area (Å²) < 4.78 is 5.10. The zero-order chi connectivity index (χ0) is 17.6. The lowest BCUT2D eigenvalue weighted by Gasteiger charge is -2.13. The van der Waals surface area contributed by atoms with Crippen LogP contribution in [0.5, 0.6) is 0 Å². The van der Waals surface area contributed by atoms with E-state index in [2.05, 4.69) is 26.6 Å². The van der Waals surface area contributed by atoms with E-state index in [1.165, 1.54) is 0 Å². The minimum atomic E-state index is -0.472. The minimum absolute atomic E-state index is 0.211. The quantitative estimate of drug-likeness (QED) is 0.697. The number of carbonyl (C=O) groups is 1. The van der Waals surface area contributed by atoms with Crippen LogP contribution < -0.4 is 5.32 Å². The van der Waals surface area contributed by atoms with Crippen LogP contribution in [0.25, 0.3) is 10.9 Å². The molecule has 2 aromatic heterocycles. The maximum absolute atomic E-state index is 12.2. The SMILES string of the molecule is CCOC(=O)c1nnc2ccccc2c1NCCc1ccc(C)nc1. The average Bonchev–Trinajstić information content (AvgIpc) is 2.63. The Hall–Kier alpha value is -3.02. The molecule has 0 saturated carbocycles. The van der Waals surface area contributed by atoms with Gasteiger partial charge >= 0.3 is 5.97 Å². The van der Waals surface area contributed by atoms with E-state index in [0.29, 0.717) is 18.8 Å². The number of aromatic nitrogens is 3. The third kappa shape index (κ3) is 3.91. The number of esters is 1. The Balaban J connectivity index is 1.85. The Bertz CT molecular complexity index is 878. The average molecular weight is 336 g/mol. The van der Waals surface area contributed by atoms with E-state index in [-0.39, 0.29) is 5.69 Å². The van der Waals surface area contributed by atoms with Gasteiger partial charge in [0.2, 0.25) is 0 Å². The second kappa shape index (κ2) is 7.70. The molecule has 0 amide bonds. The van der Waals surface area contributed by atoms with E-state index in [1.807, 2.05) is 43.5 Å². The molecule has 0 aliphatic rings. The van der Waals surface area contributed by atoms with Gasteiger partial charge in [0.15, 0.2) is 5.69 Å². The van der Waals surface area contributed by atoms with Gasteiger partial charge in [-0.05, 0) is 38.0 Å². The lowest BCUT2D eigenvalue weighted by molar-refractivity contribution is 0.0519. The van der Waals surface area contributed by atoms with Gasteiger partial charge in [0.1, 0.15) is 0 Å². The predicted octanol–water partition coefficient (Wildman–Crippen LogP) is 3.16. The van der Waals surface area contributed by atoms with Crippen molar-refractivity contribution in [3.63, 3.8) is 0 Å². The van der Waals surface area contributed by atoms with Crippen molar-refractivity contribution in [2.24, 2.45) is 0 Å². The summed E-state index contributed by atoms with van der Waals surface area (Å²) in [6.45, 7) is 4.67. The molecule has 6 nitrogen and oxygen atoms in total. The number of hydrogen-bond donors (Lipinski definition) is 1. The first kappa shape index (κ1) is 16.8. The van der Waals surface area contributed by atoms with Gasteiger partial charge in [0, 0.05) is 23.8 Å². The summed E-state index contributed by atoms with van der Waals surface area (Å²) in [5.74, 6) is -0.472. The van der Waals surface area contributed by atoms with Crippen LogP contribution in [-0.4, -0.2) is 34.3 Å². The number of ether oxygens (including phenoxy) is 1. The molecule has 3 aromatic rings. The Morgan fingerprint density at radius 2 is 2.00 bits per heavy atom. The summed E-state index contributed by atoms with van der Waals surface area (Å²) in [5, 5.41) is 12.4. The van der Waals surface area contributed by atoms with Crippen molar-refractivity contribution < 1.29 is 9.53 Å². The summed E-state index contributed by atoms with van der Waals surface area (Å²) in [6.07, 6.45) is 2.65. The molecule has 0 bridgehead atoms. The van der Waals surface area contributed by atoms with Crippen LogP contribution in [0.2, 0.25) is 0 Å². The van der Waals surface area contributed by atoms with Crippen molar-refractivity contribution in [2.75, 3.05) is 18.5 Å². The lowest BCUT2D eigenvalue weighted by atomic mass is 10.1. The highest BCUT2D eigenvalue weighted by atomic mass is 16.5. The van der Waals surface area contributed by atoms with Crippen LogP contribution in [0.3, 0.4) is 0 Å². The van der Waals surface area contributed by atoms with Gasteiger partial charge in [-0.25, -0.2) is 4.79 Å². The monoisotopic (exact) mass is 336 g/mol. The second-order valence-corrected chi connectivity index (χ2v) is 5.65. The maximum atomic E-state index is 12.2. The zero-order valence-electron chi connectivity index (χ0n) is 14.3. The van der Waals surface area contributed by atoms with Crippen molar-refractivity contribution in [1.82, 2.24) is 15.2 Å². The minimum Gasteiger partial charge on any atom is -0.461 e. The molecule has 0 saturated heterocycles. The van der Waals surface area contributed by atoms with Gasteiger partial charge < -0.3 is 10.1 Å². The number of anilines is 1. The molecule has 0 radical (unpaired) electrons. The van der Waals surface area contributed by atoms with E-state index in [4.69, 9.17) is 4.74 Å². The number of aryl methyl sites for hydroxylation is 1. The standard InChI is InChI=1S/C19H20N4O2/c1-3-25-19(24)18-17(15-6-4-5-7-16(15)22-23-18)20-11-10-14-9-8-13(2)21-12-14/h4-9,12H,3,10-11H2,1-2H3,(H,20,22). The molecular weight excluding hydrogens is 316 g/mol. The molecule has 1 N–H and O–H groups in total. The molecule has 25 heavy (non-hydrogen) atoms.